The third-order valence-corrected chi connectivity index (χ3v) is 2.83. The zero-order chi connectivity index (χ0) is 10.1. The smallest absolute Gasteiger partial charge is 0.296 e. The van der Waals surface area contributed by atoms with Crippen LogP contribution in [0, 0.1) is 0 Å². The van der Waals surface area contributed by atoms with Gasteiger partial charge < -0.3 is 0 Å². The topological polar surface area (TPSA) is 71.4 Å². The third-order valence-electron chi connectivity index (χ3n) is 1.40. The zero-order valence-corrected chi connectivity index (χ0v) is 7.84. The lowest BCUT2D eigenvalue weighted by atomic mass is 10.2. The summed E-state index contributed by atoms with van der Waals surface area (Å²) in [5.74, 6) is 0. The highest BCUT2D eigenvalue weighted by atomic mass is 35.5. The number of halogens is 1. The first-order chi connectivity index (χ1) is 5.96. The quantitative estimate of drug-likeness (QED) is 0.604. The van der Waals surface area contributed by atoms with Crippen LogP contribution in [0.3, 0.4) is 0 Å². The van der Waals surface area contributed by atoms with Crippen molar-refractivity contribution in [3.63, 3.8) is 0 Å². The Labute approximate surface area is 79.9 Å². The van der Waals surface area contributed by atoms with E-state index in [1.807, 2.05) is 0 Å². The summed E-state index contributed by atoms with van der Waals surface area (Å²) in [4.78, 5) is 9.89. The first kappa shape index (κ1) is 10.2. The Kier molecular flexibility index (Phi) is 2.70. The summed E-state index contributed by atoms with van der Waals surface area (Å²) in [6, 6.07) is 3.79. The SMILES string of the molecule is O=Cc1cccc(S(=O)(=O)O)c1Cl. The molecule has 0 heterocycles. The molecule has 70 valence electrons. The molecule has 1 aromatic carbocycles. The van der Waals surface area contributed by atoms with E-state index in [2.05, 4.69) is 0 Å². The van der Waals surface area contributed by atoms with E-state index in [1.165, 1.54) is 12.1 Å². The van der Waals surface area contributed by atoms with Crippen LogP contribution in [0.5, 0.6) is 0 Å². The van der Waals surface area contributed by atoms with E-state index in [0.29, 0.717) is 6.29 Å². The van der Waals surface area contributed by atoms with Gasteiger partial charge in [0.2, 0.25) is 0 Å². The second-order valence-electron chi connectivity index (χ2n) is 2.25. The van der Waals surface area contributed by atoms with Crippen LogP contribution in [0.2, 0.25) is 5.02 Å². The fraction of sp³-hybridized carbons (Fsp3) is 0. The Morgan fingerprint density at radius 2 is 2.00 bits per heavy atom. The van der Waals surface area contributed by atoms with Crippen LogP contribution < -0.4 is 0 Å². The first-order valence-electron chi connectivity index (χ1n) is 3.18. The summed E-state index contributed by atoms with van der Waals surface area (Å²) < 4.78 is 30.0. The van der Waals surface area contributed by atoms with Gasteiger partial charge in [-0.15, -0.1) is 0 Å². The summed E-state index contributed by atoms with van der Waals surface area (Å²) >= 11 is 5.52. The van der Waals surface area contributed by atoms with Crippen molar-refractivity contribution in [2.24, 2.45) is 0 Å². The molecule has 0 aliphatic heterocycles. The van der Waals surface area contributed by atoms with Crippen molar-refractivity contribution in [1.29, 1.82) is 0 Å². The molecule has 1 aromatic rings. The Hall–Kier alpha value is -0.910. The summed E-state index contributed by atoms with van der Waals surface area (Å²) in [7, 11) is -4.36. The van der Waals surface area contributed by atoms with Crippen LogP contribution in [0.4, 0.5) is 0 Å². The first-order valence-corrected chi connectivity index (χ1v) is 5.00. The number of hydrogen-bond donors (Lipinski definition) is 1. The molecule has 0 unspecified atom stereocenters. The van der Waals surface area contributed by atoms with Gasteiger partial charge in [-0.3, -0.25) is 9.35 Å². The van der Waals surface area contributed by atoms with Gasteiger partial charge in [-0.2, -0.15) is 8.42 Å². The van der Waals surface area contributed by atoms with Crippen molar-refractivity contribution in [3.8, 4) is 0 Å². The normalized spacial score (nSPS) is 11.2. The van der Waals surface area contributed by atoms with Crippen LogP contribution in [-0.2, 0) is 10.1 Å². The highest BCUT2D eigenvalue weighted by Crippen LogP contribution is 2.23. The maximum absolute atomic E-state index is 10.7. The number of carbonyl (C=O) groups is 1. The second-order valence-corrected chi connectivity index (χ2v) is 4.02. The third kappa shape index (κ3) is 2.06. The van der Waals surface area contributed by atoms with Gasteiger partial charge >= 0.3 is 0 Å². The molecule has 0 saturated heterocycles. The number of carbonyl (C=O) groups excluding carboxylic acids is 1. The molecule has 0 aromatic heterocycles. The molecule has 0 saturated carbocycles. The van der Waals surface area contributed by atoms with Crippen molar-refractivity contribution in [2.45, 2.75) is 4.90 Å². The summed E-state index contributed by atoms with van der Waals surface area (Å²) in [5, 5.41) is -0.264. The molecule has 1 rings (SSSR count). The van der Waals surface area contributed by atoms with Gasteiger partial charge in [0.15, 0.2) is 6.29 Å². The lowest BCUT2D eigenvalue weighted by molar-refractivity contribution is 0.112. The fourth-order valence-electron chi connectivity index (χ4n) is 0.818. The lowest BCUT2D eigenvalue weighted by Crippen LogP contribution is -2.00. The Morgan fingerprint density at radius 3 is 2.46 bits per heavy atom. The molecule has 6 heteroatoms. The van der Waals surface area contributed by atoms with E-state index >= 15 is 0 Å². The van der Waals surface area contributed by atoms with Gasteiger partial charge in [0, 0.05) is 5.56 Å². The molecule has 0 atom stereocenters. The minimum atomic E-state index is -4.36. The van der Waals surface area contributed by atoms with Gasteiger partial charge in [-0.1, -0.05) is 23.7 Å². The molecule has 13 heavy (non-hydrogen) atoms. The van der Waals surface area contributed by atoms with Crippen molar-refractivity contribution in [2.75, 3.05) is 0 Å². The minimum absolute atomic E-state index is 0.0248. The van der Waals surface area contributed by atoms with Gasteiger partial charge in [0.25, 0.3) is 10.1 Å². The predicted octanol–water partition coefficient (Wildman–Crippen LogP) is 1.40. The monoisotopic (exact) mass is 220 g/mol. The standard InChI is InChI=1S/C7H5ClO4S/c8-7-5(4-9)2-1-3-6(7)13(10,11)12/h1-4H,(H,10,11,12). The molecule has 0 aliphatic rings. The summed E-state index contributed by atoms with van der Waals surface area (Å²) in [6.45, 7) is 0. The van der Waals surface area contributed by atoms with Crippen LogP contribution in [-0.4, -0.2) is 19.3 Å². The molecule has 0 fully saturated rings. The van der Waals surface area contributed by atoms with E-state index in [9.17, 15) is 13.2 Å². The van der Waals surface area contributed by atoms with E-state index < -0.39 is 15.0 Å². The average molecular weight is 221 g/mol. The number of hydrogen-bond acceptors (Lipinski definition) is 3. The fourth-order valence-corrected chi connectivity index (χ4v) is 1.88. The van der Waals surface area contributed by atoms with Crippen molar-refractivity contribution >= 4 is 28.0 Å². The van der Waals surface area contributed by atoms with Crippen LogP contribution in [0.15, 0.2) is 23.1 Å². The molecule has 0 bridgehead atoms. The maximum atomic E-state index is 10.7. The summed E-state index contributed by atoms with van der Waals surface area (Å²) in [6.07, 6.45) is 0.414. The molecular formula is C7H5ClO4S. The van der Waals surface area contributed by atoms with Gasteiger partial charge in [-0.05, 0) is 6.07 Å². The van der Waals surface area contributed by atoms with Gasteiger partial charge in [0.1, 0.15) is 4.90 Å². The van der Waals surface area contributed by atoms with Gasteiger partial charge in [-0.25, -0.2) is 0 Å². The molecule has 0 spiro atoms. The van der Waals surface area contributed by atoms with Crippen molar-refractivity contribution in [1.82, 2.24) is 0 Å². The molecular weight excluding hydrogens is 216 g/mol. The van der Waals surface area contributed by atoms with Crippen LogP contribution in [0.25, 0.3) is 0 Å². The van der Waals surface area contributed by atoms with E-state index in [4.69, 9.17) is 16.2 Å². The Balaban J connectivity index is 3.50. The maximum Gasteiger partial charge on any atom is 0.296 e. The average Bonchev–Trinajstić information content (AvgIpc) is 2.02. The molecule has 1 N–H and O–H groups in total. The predicted molar refractivity (Wildman–Crippen MR) is 46.7 cm³/mol. The highest BCUT2D eigenvalue weighted by molar-refractivity contribution is 7.86. The van der Waals surface area contributed by atoms with E-state index in [0.717, 1.165) is 6.07 Å². The minimum Gasteiger partial charge on any atom is -0.298 e. The Morgan fingerprint density at radius 1 is 1.38 bits per heavy atom. The molecule has 4 nitrogen and oxygen atoms in total. The molecule has 0 amide bonds. The number of rotatable bonds is 2. The van der Waals surface area contributed by atoms with Gasteiger partial charge in [0.05, 0.1) is 5.02 Å². The Bertz CT molecular complexity index is 438. The summed E-state index contributed by atoms with van der Waals surface area (Å²) in [5.41, 5.74) is 0.0248. The second kappa shape index (κ2) is 3.45. The van der Waals surface area contributed by atoms with Crippen LogP contribution >= 0.6 is 11.6 Å². The van der Waals surface area contributed by atoms with Crippen molar-refractivity contribution < 1.29 is 17.8 Å². The highest BCUT2D eigenvalue weighted by Gasteiger charge is 2.16. The molecule has 0 aliphatic carbocycles. The van der Waals surface area contributed by atoms with Crippen LogP contribution in [0.1, 0.15) is 10.4 Å². The molecule has 0 radical (unpaired) electrons. The van der Waals surface area contributed by atoms with E-state index in [-0.39, 0.29) is 10.6 Å². The number of benzene rings is 1. The zero-order valence-electron chi connectivity index (χ0n) is 6.27. The number of aldehydes is 1. The van der Waals surface area contributed by atoms with Crippen molar-refractivity contribution in [3.05, 3.63) is 28.8 Å². The lowest BCUT2D eigenvalue weighted by Gasteiger charge is -2.01. The largest absolute Gasteiger partial charge is 0.298 e. The van der Waals surface area contributed by atoms with E-state index in [1.54, 1.807) is 0 Å².